The fourth-order valence-electron chi connectivity index (χ4n) is 3.62. The molecule has 3 aromatic rings. The highest BCUT2D eigenvalue weighted by Crippen LogP contribution is 2.24. The van der Waals surface area contributed by atoms with Crippen LogP contribution >= 0.6 is 0 Å². The summed E-state index contributed by atoms with van der Waals surface area (Å²) in [6.07, 6.45) is 9.81. The van der Waals surface area contributed by atoms with Gasteiger partial charge in [0, 0.05) is 23.7 Å². The van der Waals surface area contributed by atoms with Crippen molar-refractivity contribution in [2.45, 2.75) is 64.8 Å². The molecule has 1 amide bonds. The third kappa shape index (κ3) is 6.79. The zero-order valence-corrected chi connectivity index (χ0v) is 18.6. The summed E-state index contributed by atoms with van der Waals surface area (Å²) in [6.45, 7) is 4.22. The van der Waals surface area contributed by atoms with E-state index in [0.717, 1.165) is 29.0 Å². The van der Waals surface area contributed by atoms with E-state index in [1.54, 1.807) is 16.8 Å². The Morgan fingerprint density at radius 1 is 1.19 bits per heavy atom. The van der Waals surface area contributed by atoms with Gasteiger partial charge in [0.1, 0.15) is 5.82 Å². The molecule has 1 aliphatic carbocycles. The van der Waals surface area contributed by atoms with Crippen LogP contribution in [-0.4, -0.2) is 26.5 Å². The van der Waals surface area contributed by atoms with Gasteiger partial charge in [-0.3, -0.25) is 4.79 Å². The largest absolute Gasteiger partial charge is 0.382 e. The predicted molar refractivity (Wildman–Crippen MR) is 127 cm³/mol. The quantitative estimate of drug-likeness (QED) is 0.555. The molecule has 0 atom stereocenters. The van der Waals surface area contributed by atoms with Gasteiger partial charge in [-0.25, -0.2) is 9.50 Å². The van der Waals surface area contributed by atoms with E-state index in [0.29, 0.717) is 24.2 Å². The molecule has 0 aliphatic heterocycles. The van der Waals surface area contributed by atoms with Crippen LogP contribution in [0.4, 0.5) is 11.5 Å². The number of carbonyl (C=O) groups is 1. The molecule has 7 nitrogen and oxygen atoms in total. The maximum Gasteiger partial charge on any atom is 0.224 e. The number of carbonyl (C=O) groups excluding carboxylic acids is 1. The SMILES string of the molecule is CC(C)CCC(=O)Nc1cccc(-c2cnc3ccc(N)nn23)c1.NC1CCCCC1. The first-order valence-electron chi connectivity index (χ1n) is 11.2. The average Bonchev–Trinajstić information content (AvgIpc) is 3.16. The fraction of sp³-hybridized carbons (Fsp3) is 0.458. The van der Waals surface area contributed by atoms with Crippen molar-refractivity contribution in [1.82, 2.24) is 14.6 Å². The summed E-state index contributed by atoms with van der Waals surface area (Å²) in [5.74, 6) is 0.970. The number of rotatable bonds is 5. The van der Waals surface area contributed by atoms with Gasteiger partial charge < -0.3 is 16.8 Å². The van der Waals surface area contributed by atoms with Gasteiger partial charge in [0.2, 0.25) is 5.91 Å². The molecule has 1 saturated carbocycles. The lowest BCUT2D eigenvalue weighted by Gasteiger charge is -2.15. The zero-order valence-electron chi connectivity index (χ0n) is 18.6. The molecule has 1 aliphatic rings. The Balaban J connectivity index is 0.000000330. The van der Waals surface area contributed by atoms with Crippen molar-refractivity contribution in [3.8, 4) is 11.3 Å². The fourth-order valence-corrected chi connectivity index (χ4v) is 3.62. The number of nitrogens with one attached hydrogen (secondary N) is 1. The van der Waals surface area contributed by atoms with Crippen LogP contribution in [0.1, 0.15) is 58.8 Å². The van der Waals surface area contributed by atoms with Crippen molar-refractivity contribution in [3.63, 3.8) is 0 Å². The minimum Gasteiger partial charge on any atom is -0.382 e. The van der Waals surface area contributed by atoms with Crippen molar-refractivity contribution in [2.24, 2.45) is 11.7 Å². The van der Waals surface area contributed by atoms with E-state index in [1.165, 1.54) is 32.1 Å². The lowest BCUT2D eigenvalue weighted by Crippen LogP contribution is -2.22. The van der Waals surface area contributed by atoms with Crippen LogP contribution in [0.2, 0.25) is 0 Å². The van der Waals surface area contributed by atoms with E-state index in [-0.39, 0.29) is 5.91 Å². The van der Waals surface area contributed by atoms with Crippen LogP contribution in [0.15, 0.2) is 42.6 Å². The predicted octanol–water partition coefficient (Wildman–Crippen LogP) is 4.63. The molecule has 0 saturated heterocycles. The molecule has 1 fully saturated rings. The van der Waals surface area contributed by atoms with Crippen molar-refractivity contribution >= 4 is 23.1 Å². The first-order chi connectivity index (χ1) is 14.9. The van der Waals surface area contributed by atoms with Gasteiger partial charge in [-0.05, 0) is 49.4 Å². The van der Waals surface area contributed by atoms with Gasteiger partial charge in [-0.1, -0.05) is 45.2 Å². The maximum atomic E-state index is 12.0. The monoisotopic (exact) mass is 422 g/mol. The molecule has 31 heavy (non-hydrogen) atoms. The first kappa shape index (κ1) is 22.7. The van der Waals surface area contributed by atoms with Crippen LogP contribution < -0.4 is 16.8 Å². The number of aromatic nitrogens is 3. The summed E-state index contributed by atoms with van der Waals surface area (Å²) in [7, 11) is 0. The molecule has 2 heterocycles. The Hall–Kier alpha value is -2.93. The highest BCUT2D eigenvalue weighted by atomic mass is 16.1. The van der Waals surface area contributed by atoms with Gasteiger partial charge >= 0.3 is 0 Å². The number of nitrogen functional groups attached to an aromatic ring is 1. The molecule has 0 spiro atoms. The minimum atomic E-state index is 0.0290. The van der Waals surface area contributed by atoms with Gasteiger partial charge in [0.05, 0.1) is 11.9 Å². The first-order valence-corrected chi connectivity index (χ1v) is 11.2. The molecule has 0 bridgehead atoms. The number of nitrogens with zero attached hydrogens (tertiary/aromatic N) is 3. The van der Waals surface area contributed by atoms with Gasteiger partial charge in [-0.15, -0.1) is 5.10 Å². The van der Waals surface area contributed by atoms with Gasteiger partial charge in [-0.2, -0.15) is 0 Å². The summed E-state index contributed by atoms with van der Waals surface area (Å²) >= 11 is 0. The van der Waals surface area contributed by atoms with Gasteiger partial charge in [0.15, 0.2) is 5.65 Å². The molecule has 166 valence electrons. The van der Waals surface area contributed by atoms with Crippen molar-refractivity contribution < 1.29 is 4.79 Å². The minimum absolute atomic E-state index is 0.0290. The van der Waals surface area contributed by atoms with Gasteiger partial charge in [0.25, 0.3) is 0 Å². The molecule has 0 radical (unpaired) electrons. The van der Waals surface area contributed by atoms with E-state index in [1.807, 2.05) is 30.3 Å². The Morgan fingerprint density at radius 2 is 1.97 bits per heavy atom. The molecule has 2 aromatic heterocycles. The van der Waals surface area contributed by atoms with Crippen molar-refractivity contribution in [2.75, 3.05) is 11.1 Å². The number of nitrogens with two attached hydrogens (primary N) is 2. The Kier molecular flexibility index (Phi) is 8.00. The highest BCUT2D eigenvalue weighted by molar-refractivity contribution is 5.91. The second-order valence-corrected chi connectivity index (χ2v) is 8.63. The summed E-state index contributed by atoms with van der Waals surface area (Å²) < 4.78 is 1.70. The molecular formula is C24H34N6O. The topological polar surface area (TPSA) is 111 Å². The van der Waals surface area contributed by atoms with E-state index in [4.69, 9.17) is 11.5 Å². The number of fused-ring (bicyclic) bond motifs is 1. The number of anilines is 2. The summed E-state index contributed by atoms with van der Waals surface area (Å²) in [6, 6.07) is 11.7. The van der Waals surface area contributed by atoms with E-state index < -0.39 is 0 Å². The number of hydrogen-bond acceptors (Lipinski definition) is 5. The van der Waals surface area contributed by atoms with E-state index in [9.17, 15) is 4.79 Å². The maximum absolute atomic E-state index is 12.0. The van der Waals surface area contributed by atoms with Crippen LogP contribution in [0.3, 0.4) is 0 Å². The number of amides is 1. The molecule has 4 rings (SSSR count). The molecule has 1 aromatic carbocycles. The molecule has 0 unspecified atom stereocenters. The highest BCUT2D eigenvalue weighted by Gasteiger charge is 2.10. The average molecular weight is 423 g/mol. The Morgan fingerprint density at radius 3 is 2.65 bits per heavy atom. The Labute approximate surface area is 184 Å². The smallest absolute Gasteiger partial charge is 0.224 e. The molecule has 5 N–H and O–H groups in total. The van der Waals surface area contributed by atoms with Crippen LogP contribution in [0.25, 0.3) is 16.9 Å². The number of imidazole rings is 1. The van der Waals surface area contributed by atoms with E-state index in [2.05, 4.69) is 29.2 Å². The normalized spacial score (nSPS) is 14.3. The lowest BCUT2D eigenvalue weighted by atomic mass is 9.97. The van der Waals surface area contributed by atoms with Crippen LogP contribution in [0, 0.1) is 5.92 Å². The van der Waals surface area contributed by atoms with Crippen LogP contribution in [-0.2, 0) is 4.79 Å². The third-order valence-corrected chi connectivity index (χ3v) is 5.42. The summed E-state index contributed by atoms with van der Waals surface area (Å²) in [4.78, 5) is 16.3. The van der Waals surface area contributed by atoms with E-state index >= 15 is 0 Å². The molecular weight excluding hydrogens is 388 g/mol. The number of hydrogen-bond donors (Lipinski definition) is 3. The second-order valence-electron chi connectivity index (χ2n) is 8.63. The zero-order chi connectivity index (χ0) is 22.2. The lowest BCUT2D eigenvalue weighted by molar-refractivity contribution is -0.116. The van der Waals surface area contributed by atoms with Crippen molar-refractivity contribution in [3.05, 3.63) is 42.6 Å². The summed E-state index contributed by atoms with van der Waals surface area (Å²) in [5.41, 5.74) is 14.6. The summed E-state index contributed by atoms with van der Waals surface area (Å²) in [5, 5.41) is 7.24. The third-order valence-electron chi connectivity index (χ3n) is 5.42. The second kappa shape index (κ2) is 10.9. The molecule has 7 heteroatoms. The number of benzene rings is 1. The Bertz CT molecular complexity index is 991. The van der Waals surface area contributed by atoms with Crippen LogP contribution in [0.5, 0.6) is 0 Å². The standard InChI is InChI=1S/C18H21N5O.C6H13N/c1-12(2)6-9-18(24)21-14-5-3-4-13(10-14)15-11-20-17-8-7-16(19)22-23(15)17;7-6-4-2-1-3-5-6/h3-5,7-8,10-12H,6,9H2,1-2H3,(H2,19,22)(H,21,24);6H,1-5,7H2. The van der Waals surface area contributed by atoms with Crippen molar-refractivity contribution in [1.29, 1.82) is 0 Å².